The molecule has 0 fully saturated rings. The van der Waals surface area contributed by atoms with Crippen molar-refractivity contribution < 1.29 is 0 Å². The van der Waals surface area contributed by atoms with Crippen molar-refractivity contribution >= 4 is 60.5 Å². The maximum Gasteiger partial charge on any atom is 0.0972 e. The minimum atomic E-state index is -0.680. The van der Waals surface area contributed by atoms with Gasteiger partial charge < -0.3 is 4.90 Å². The monoisotopic (exact) mass is 838 g/mol. The quantitative estimate of drug-likeness (QED) is 0.166. The molecule has 0 bridgehead atoms. The van der Waals surface area contributed by atoms with Gasteiger partial charge in [-0.05, 0) is 93.4 Å². The van der Waals surface area contributed by atoms with E-state index in [4.69, 9.17) is 15.0 Å². The fraction of sp³-hybridized carbons (Fsp3) is 0.0161. The van der Waals surface area contributed by atoms with Crippen LogP contribution in [0.2, 0.25) is 0 Å². The van der Waals surface area contributed by atoms with E-state index in [9.17, 15) is 0 Å². The van der Waals surface area contributed by atoms with E-state index in [0.717, 1.165) is 88.9 Å². The standard InChI is InChI=1S/C62H38N4/c1-4-16-39(17-5-1)54-33-30-41-28-29-42-31-34-55(64-61(42)60(41)63-54)43-32-35-57-52(36-43)62(50-25-13-10-22-45(50)46-23-11-14-26-51(46)62)53-37-48-47-24-12-15-27-56(47)65-59(40-18-6-2-7-19-40)49(48)38-58(53)66(57)44-20-8-3-9-21-44/h1-38H. The Morgan fingerprint density at radius 1 is 0.333 bits per heavy atom. The Morgan fingerprint density at radius 2 is 0.879 bits per heavy atom. The number of hydrogen-bond donors (Lipinski definition) is 0. The molecule has 0 unspecified atom stereocenters. The number of hydrogen-bond acceptors (Lipinski definition) is 4. The predicted octanol–water partition coefficient (Wildman–Crippen LogP) is 15.6. The van der Waals surface area contributed by atoms with Gasteiger partial charge in [-0.1, -0.05) is 176 Å². The van der Waals surface area contributed by atoms with Crippen LogP contribution in [-0.4, -0.2) is 15.0 Å². The SMILES string of the molecule is c1ccc(-c2ccc3ccc4ccc(-c5ccc6c(c5)C5(c7ccccc7-c7ccccc75)c5cc7c(cc5N6c5ccccc5)c(-c5ccccc5)nc5ccccc57)nc4c3n2)cc1. The van der Waals surface area contributed by atoms with Crippen molar-refractivity contribution in [3.63, 3.8) is 0 Å². The van der Waals surface area contributed by atoms with E-state index in [1.807, 2.05) is 6.07 Å². The Morgan fingerprint density at radius 3 is 1.56 bits per heavy atom. The maximum atomic E-state index is 5.51. The van der Waals surface area contributed by atoms with Crippen LogP contribution in [0.25, 0.3) is 88.4 Å². The third-order valence-electron chi connectivity index (χ3n) is 14.0. The fourth-order valence-corrected chi connectivity index (χ4v) is 11.1. The zero-order chi connectivity index (χ0) is 43.3. The molecule has 0 radical (unpaired) electrons. The molecule has 0 atom stereocenters. The van der Waals surface area contributed by atoms with Gasteiger partial charge in [-0.2, -0.15) is 0 Å². The van der Waals surface area contributed by atoms with Gasteiger partial charge in [-0.3, -0.25) is 0 Å². The Labute approximate surface area is 381 Å². The highest BCUT2D eigenvalue weighted by Gasteiger charge is 2.52. The number of benzene rings is 9. The number of para-hydroxylation sites is 2. The Balaban J connectivity index is 1.09. The van der Waals surface area contributed by atoms with Crippen molar-refractivity contribution in [2.45, 2.75) is 5.41 Å². The second kappa shape index (κ2) is 14.1. The zero-order valence-corrected chi connectivity index (χ0v) is 35.7. The Hall–Kier alpha value is -8.73. The number of pyridine rings is 3. The van der Waals surface area contributed by atoms with Crippen LogP contribution in [0, 0.1) is 0 Å². The summed E-state index contributed by atoms with van der Waals surface area (Å²) in [5.74, 6) is 0. The summed E-state index contributed by atoms with van der Waals surface area (Å²) in [6.07, 6.45) is 0. The molecule has 12 aromatic rings. The number of fused-ring (bicyclic) bond motifs is 15. The molecule has 3 aromatic heterocycles. The summed E-state index contributed by atoms with van der Waals surface area (Å²) < 4.78 is 0. The normalized spacial score (nSPS) is 13.2. The molecule has 14 rings (SSSR count). The number of nitrogens with zero attached hydrogens (tertiary/aromatic N) is 4. The summed E-state index contributed by atoms with van der Waals surface area (Å²) in [4.78, 5) is 18.6. The first-order chi connectivity index (χ1) is 32.7. The molecule has 1 aliphatic carbocycles. The molecular formula is C62H38N4. The minimum absolute atomic E-state index is 0.680. The number of rotatable bonds is 4. The lowest BCUT2D eigenvalue weighted by atomic mass is 9.64. The van der Waals surface area contributed by atoms with Crippen molar-refractivity contribution in [2.24, 2.45) is 0 Å². The molecule has 2 aliphatic rings. The van der Waals surface area contributed by atoms with E-state index in [0.29, 0.717) is 0 Å². The van der Waals surface area contributed by atoms with E-state index in [-0.39, 0.29) is 0 Å². The molecule has 0 saturated heterocycles. The highest BCUT2D eigenvalue weighted by Crippen LogP contribution is 2.64. The summed E-state index contributed by atoms with van der Waals surface area (Å²) in [5, 5.41) is 5.55. The second-order valence-corrected chi connectivity index (χ2v) is 17.5. The Kier molecular flexibility index (Phi) is 7.87. The lowest BCUT2D eigenvalue weighted by Gasteiger charge is -2.45. The summed E-state index contributed by atoms with van der Waals surface area (Å²) >= 11 is 0. The van der Waals surface area contributed by atoms with Crippen LogP contribution in [0.1, 0.15) is 22.3 Å². The number of aromatic nitrogens is 3. The number of anilines is 3. The lowest BCUT2D eigenvalue weighted by Crippen LogP contribution is -2.36. The first kappa shape index (κ1) is 36.7. The van der Waals surface area contributed by atoms with Gasteiger partial charge in [0.1, 0.15) is 0 Å². The first-order valence-electron chi connectivity index (χ1n) is 22.6. The van der Waals surface area contributed by atoms with Crippen LogP contribution in [0.3, 0.4) is 0 Å². The smallest absolute Gasteiger partial charge is 0.0972 e. The average Bonchev–Trinajstić information content (AvgIpc) is 3.69. The van der Waals surface area contributed by atoms with Gasteiger partial charge in [0.25, 0.3) is 0 Å². The topological polar surface area (TPSA) is 41.9 Å². The predicted molar refractivity (Wildman–Crippen MR) is 272 cm³/mol. The maximum absolute atomic E-state index is 5.51. The van der Waals surface area contributed by atoms with Crippen molar-refractivity contribution in [2.75, 3.05) is 4.90 Å². The highest BCUT2D eigenvalue weighted by molar-refractivity contribution is 6.14. The van der Waals surface area contributed by atoms with E-state index in [1.165, 1.54) is 38.8 Å². The van der Waals surface area contributed by atoms with Gasteiger partial charge in [0, 0.05) is 43.9 Å². The average molecular weight is 839 g/mol. The molecule has 0 N–H and O–H groups in total. The van der Waals surface area contributed by atoms with Crippen LogP contribution in [0.4, 0.5) is 17.1 Å². The summed E-state index contributed by atoms with van der Waals surface area (Å²) in [7, 11) is 0. The third-order valence-corrected chi connectivity index (χ3v) is 14.0. The van der Waals surface area contributed by atoms with Gasteiger partial charge in [0.05, 0.1) is 50.4 Å². The highest BCUT2D eigenvalue weighted by atomic mass is 15.2. The molecular weight excluding hydrogens is 801 g/mol. The van der Waals surface area contributed by atoms with Gasteiger partial charge in [0.2, 0.25) is 0 Å². The molecule has 306 valence electrons. The van der Waals surface area contributed by atoms with Gasteiger partial charge >= 0.3 is 0 Å². The summed E-state index contributed by atoms with van der Waals surface area (Å²) in [6.45, 7) is 0. The molecule has 4 heteroatoms. The molecule has 0 saturated carbocycles. The molecule has 66 heavy (non-hydrogen) atoms. The largest absolute Gasteiger partial charge is 0.310 e. The van der Waals surface area contributed by atoms with Gasteiger partial charge in [-0.25, -0.2) is 15.0 Å². The minimum Gasteiger partial charge on any atom is -0.310 e. The second-order valence-electron chi connectivity index (χ2n) is 17.5. The summed E-state index contributed by atoms with van der Waals surface area (Å²) in [5.41, 5.74) is 19.0. The molecule has 9 aromatic carbocycles. The van der Waals surface area contributed by atoms with Gasteiger partial charge in [0.15, 0.2) is 0 Å². The molecule has 1 spiro atoms. The molecule has 4 heterocycles. The van der Waals surface area contributed by atoms with Crippen molar-refractivity contribution in [1.82, 2.24) is 15.0 Å². The van der Waals surface area contributed by atoms with Crippen LogP contribution in [0.15, 0.2) is 231 Å². The van der Waals surface area contributed by atoms with E-state index >= 15 is 0 Å². The van der Waals surface area contributed by atoms with Gasteiger partial charge in [-0.15, -0.1) is 0 Å². The zero-order valence-electron chi connectivity index (χ0n) is 35.7. The van der Waals surface area contributed by atoms with E-state index in [2.05, 4.69) is 229 Å². The first-order valence-corrected chi connectivity index (χ1v) is 22.6. The van der Waals surface area contributed by atoms with Crippen LogP contribution in [0.5, 0.6) is 0 Å². The van der Waals surface area contributed by atoms with Crippen molar-refractivity contribution in [3.05, 3.63) is 253 Å². The van der Waals surface area contributed by atoms with Crippen LogP contribution >= 0.6 is 0 Å². The van der Waals surface area contributed by atoms with E-state index in [1.54, 1.807) is 0 Å². The molecule has 1 aliphatic heterocycles. The Bertz CT molecular complexity index is 3890. The van der Waals surface area contributed by atoms with Crippen LogP contribution < -0.4 is 4.90 Å². The third kappa shape index (κ3) is 5.24. The molecule has 4 nitrogen and oxygen atoms in total. The fourth-order valence-electron chi connectivity index (χ4n) is 11.1. The van der Waals surface area contributed by atoms with Crippen molar-refractivity contribution in [1.29, 1.82) is 0 Å². The molecule has 0 amide bonds. The van der Waals surface area contributed by atoms with Crippen molar-refractivity contribution in [3.8, 4) is 44.9 Å². The summed E-state index contributed by atoms with van der Waals surface area (Å²) in [6, 6.07) is 83.4. The lowest BCUT2D eigenvalue weighted by molar-refractivity contribution is 0.754. The van der Waals surface area contributed by atoms with Crippen LogP contribution in [-0.2, 0) is 5.41 Å². The van der Waals surface area contributed by atoms with E-state index < -0.39 is 5.41 Å².